The van der Waals surface area contributed by atoms with Crippen LogP contribution in [-0.4, -0.2) is 48.7 Å². The third kappa shape index (κ3) is 4.82. The summed E-state index contributed by atoms with van der Waals surface area (Å²) in [5.41, 5.74) is 5.45. The smallest absolute Gasteiger partial charge is 0.144 e. The Morgan fingerprint density at radius 3 is 2.61 bits per heavy atom. The summed E-state index contributed by atoms with van der Waals surface area (Å²) >= 11 is 0. The molecule has 0 bridgehead atoms. The summed E-state index contributed by atoms with van der Waals surface area (Å²) in [6.07, 6.45) is 4.46. The van der Waals surface area contributed by atoms with E-state index in [1.165, 1.54) is 25.9 Å². The van der Waals surface area contributed by atoms with Gasteiger partial charge in [0.05, 0.1) is 0 Å². The zero-order valence-corrected chi connectivity index (χ0v) is 11.9. The fraction of sp³-hybridized carbons (Fsp3) is 0.923. The van der Waals surface area contributed by atoms with Gasteiger partial charge in [-0.3, -0.25) is 0 Å². The molecule has 1 aliphatic heterocycles. The third-order valence-electron chi connectivity index (χ3n) is 3.93. The van der Waals surface area contributed by atoms with E-state index in [-0.39, 0.29) is 5.41 Å². The Kier molecular flexibility index (Phi) is 5.88. The van der Waals surface area contributed by atoms with Crippen molar-refractivity contribution in [3.63, 3.8) is 0 Å². The molecule has 1 aliphatic rings. The van der Waals surface area contributed by atoms with Crippen molar-refractivity contribution in [1.82, 2.24) is 10.2 Å². The van der Waals surface area contributed by atoms with E-state index >= 15 is 0 Å². The molecule has 1 heterocycles. The Labute approximate surface area is 110 Å². The number of piperidine rings is 1. The number of nitrogens with two attached hydrogens (primary N) is 1. The highest BCUT2D eigenvalue weighted by atomic mass is 16.4. The first kappa shape index (κ1) is 15.2. The van der Waals surface area contributed by atoms with Crippen LogP contribution < -0.4 is 11.1 Å². The van der Waals surface area contributed by atoms with E-state index in [2.05, 4.69) is 22.4 Å². The van der Waals surface area contributed by atoms with Gasteiger partial charge in [-0.05, 0) is 52.4 Å². The summed E-state index contributed by atoms with van der Waals surface area (Å²) < 4.78 is 0. The normalized spacial score (nSPS) is 20.3. The van der Waals surface area contributed by atoms with Crippen LogP contribution in [0.3, 0.4) is 0 Å². The molecular weight excluding hydrogens is 228 g/mol. The molecule has 5 heteroatoms. The summed E-state index contributed by atoms with van der Waals surface area (Å²) in [7, 11) is 2.18. The standard InChI is InChI=1S/C13H28N4O/c1-13(2,12(14)16-18)7-4-8-15-11-5-9-17(3)10-6-11/h11,15,18H,4-10H2,1-3H3,(H2,14,16). The molecule has 0 aromatic heterocycles. The summed E-state index contributed by atoms with van der Waals surface area (Å²) in [6, 6.07) is 0.660. The van der Waals surface area contributed by atoms with Gasteiger partial charge in [-0.25, -0.2) is 0 Å². The van der Waals surface area contributed by atoms with Crippen LogP contribution >= 0.6 is 0 Å². The topological polar surface area (TPSA) is 73.9 Å². The monoisotopic (exact) mass is 256 g/mol. The predicted molar refractivity (Wildman–Crippen MR) is 74.9 cm³/mol. The Hall–Kier alpha value is -0.810. The maximum absolute atomic E-state index is 8.70. The average Bonchev–Trinajstić information content (AvgIpc) is 2.35. The van der Waals surface area contributed by atoms with Gasteiger partial charge in [-0.2, -0.15) is 0 Å². The molecule has 106 valence electrons. The van der Waals surface area contributed by atoms with Gasteiger partial charge in [-0.15, -0.1) is 0 Å². The minimum Gasteiger partial charge on any atom is -0.409 e. The molecule has 0 spiro atoms. The average molecular weight is 256 g/mol. The molecule has 1 fully saturated rings. The summed E-state index contributed by atoms with van der Waals surface area (Å²) in [5, 5.41) is 15.4. The number of hydrogen-bond acceptors (Lipinski definition) is 4. The van der Waals surface area contributed by atoms with Crippen molar-refractivity contribution >= 4 is 5.84 Å². The van der Waals surface area contributed by atoms with Gasteiger partial charge in [0, 0.05) is 11.5 Å². The molecule has 4 N–H and O–H groups in total. The molecule has 0 radical (unpaired) electrons. The molecule has 0 atom stereocenters. The van der Waals surface area contributed by atoms with E-state index in [9.17, 15) is 0 Å². The van der Waals surface area contributed by atoms with Crippen LogP contribution in [0, 0.1) is 5.41 Å². The molecule has 1 rings (SSSR count). The molecule has 18 heavy (non-hydrogen) atoms. The van der Waals surface area contributed by atoms with Crippen molar-refractivity contribution in [1.29, 1.82) is 0 Å². The first-order valence-corrected chi connectivity index (χ1v) is 6.85. The van der Waals surface area contributed by atoms with Gasteiger partial charge in [0.1, 0.15) is 5.84 Å². The molecule has 0 amide bonds. The second-order valence-electron chi connectivity index (χ2n) is 6.00. The first-order chi connectivity index (χ1) is 8.45. The highest BCUT2D eigenvalue weighted by Gasteiger charge is 2.23. The fourth-order valence-electron chi connectivity index (χ4n) is 2.31. The maximum atomic E-state index is 8.70. The number of rotatable bonds is 6. The van der Waals surface area contributed by atoms with Crippen molar-refractivity contribution in [2.75, 3.05) is 26.7 Å². The van der Waals surface area contributed by atoms with E-state index in [0.29, 0.717) is 11.9 Å². The molecule has 1 saturated heterocycles. The van der Waals surface area contributed by atoms with E-state index in [4.69, 9.17) is 10.9 Å². The van der Waals surface area contributed by atoms with E-state index in [1.54, 1.807) is 0 Å². The lowest BCUT2D eigenvalue weighted by atomic mass is 9.86. The molecule has 0 unspecified atom stereocenters. The van der Waals surface area contributed by atoms with Crippen molar-refractivity contribution in [2.45, 2.75) is 45.6 Å². The lowest BCUT2D eigenvalue weighted by Crippen LogP contribution is -2.41. The van der Waals surface area contributed by atoms with E-state index < -0.39 is 0 Å². The van der Waals surface area contributed by atoms with Crippen LogP contribution in [-0.2, 0) is 0 Å². The number of amidine groups is 1. The van der Waals surface area contributed by atoms with Crippen LogP contribution in [0.15, 0.2) is 5.16 Å². The first-order valence-electron chi connectivity index (χ1n) is 6.85. The van der Waals surface area contributed by atoms with Gasteiger partial charge in [0.25, 0.3) is 0 Å². The SMILES string of the molecule is CN1CCC(NCCCC(C)(C)C(N)=NO)CC1. The van der Waals surface area contributed by atoms with Crippen LogP contribution in [0.5, 0.6) is 0 Å². The summed E-state index contributed by atoms with van der Waals surface area (Å²) in [5.74, 6) is 0.321. The molecule has 0 saturated carbocycles. The van der Waals surface area contributed by atoms with Crippen molar-refractivity contribution in [3.8, 4) is 0 Å². The van der Waals surface area contributed by atoms with Crippen LogP contribution in [0.25, 0.3) is 0 Å². The van der Waals surface area contributed by atoms with Crippen LogP contribution in [0.4, 0.5) is 0 Å². The predicted octanol–water partition coefficient (Wildman–Crippen LogP) is 1.22. The number of likely N-dealkylation sites (tertiary alicyclic amines) is 1. The van der Waals surface area contributed by atoms with Gasteiger partial charge in [0.15, 0.2) is 0 Å². The second kappa shape index (κ2) is 6.95. The summed E-state index contributed by atoms with van der Waals surface area (Å²) in [4.78, 5) is 2.37. The Morgan fingerprint density at radius 1 is 1.44 bits per heavy atom. The Morgan fingerprint density at radius 2 is 2.06 bits per heavy atom. The molecule has 0 aromatic rings. The van der Waals surface area contributed by atoms with Gasteiger partial charge in [-0.1, -0.05) is 19.0 Å². The second-order valence-corrected chi connectivity index (χ2v) is 6.00. The lowest BCUT2D eigenvalue weighted by molar-refractivity contribution is 0.233. The lowest BCUT2D eigenvalue weighted by Gasteiger charge is -2.30. The molecule has 5 nitrogen and oxygen atoms in total. The highest BCUT2D eigenvalue weighted by molar-refractivity contribution is 5.85. The number of oxime groups is 1. The fourth-order valence-corrected chi connectivity index (χ4v) is 2.31. The quantitative estimate of drug-likeness (QED) is 0.220. The Balaban J connectivity index is 2.15. The van der Waals surface area contributed by atoms with E-state index in [1.807, 2.05) is 13.8 Å². The van der Waals surface area contributed by atoms with Crippen LogP contribution in [0.2, 0.25) is 0 Å². The van der Waals surface area contributed by atoms with Gasteiger partial charge >= 0.3 is 0 Å². The molecular formula is C13H28N4O. The minimum absolute atomic E-state index is 0.219. The van der Waals surface area contributed by atoms with Crippen molar-refractivity contribution < 1.29 is 5.21 Å². The van der Waals surface area contributed by atoms with Gasteiger partial charge < -0.3 is 21.2 Å². The number of nitrogens with one attached hydrogen (secondary N) is 1. The maximum Gasteiger partial charge on any atom is 0.144 e. The highest BCUT2D eigenvalue weighted by Crippen LogP contribution is 2.22. The molecule has 0 aliphatic carbocycles. The van der Waals surface area contributed by atoms with Gasteiger partial charge in [0.2, 0.25) is 0 Å². The number of nitrogens with zero attached hydrogens (tertiary/aromatic N) is 2. The van der Waals surface area contributed by atoms with E-state index in [0.717, 1.165) is 19.4 Å². The van der Waals surface area contributed by atoms with Crippen molar-refractivity contribution in [3.05, 3.63) is 0 Å². The van der Waals surface area contributed by atoms with Crippen molar-refractivity contribution in [2.24, 2.45) is 16.3 Å². The van der Waals surface area contributed by atoms with Crippen LogP contribution in [0.1, 0.15) is 39.5 Å². The third-order valence-corrected chi connectivity index (χ3v) is 3.93. The Bertz CT molecular complexity index is 270. The number of hydrogen-bond donors (Lipinski definition) is 3. The minimum atomic E-state index is -0.219. The zero-order chi connectivity index (χ0) is 13.6. The molecule has 0 aromatic carbocycles. The summed E-state index contributed by atoms with van der Waals surface area (Å²) in [6.45, 7) is 7.41. The zero-order valence-electron chi connectivity index (χ0n) is 11.9. The largest absolute Gasteiger partial charge is 0.409 e.